The number of rotatable bonds is 8. The van der Waals surface area contributed by atoms with Crippen molar-refractivity contribution in [1.29, 1.82) is 0 Å². The molecule has 0 saturated heterocycles. The van der Waals surface area contributed by atoms with Gasteiger partial charge in [0.05, 0.1) is 12.4 Å². The number of ether oxygens (including phenoxy) is 1. The second-order valence-corrected chi connectivity index (χ2v) is 6.77. The number of hydrogen-bond acceptors (Lipinski definition) is 3. The lowest BCUT2D eigenvalue weighted by Crippen LogP contribution is -2.22. The molecule has 0 aliphatic carbocycles. The van der Waals surface area contributed by atoms with E-state index in [0.29, 0.717) is 0 Å². The Bertz CT molecular complexity index is 599. The van der Waals surface area contributed by atoms with Crippen LogP contribution in [0.25, 0.3) is 0 Å². The molecule has 2 aromatic rings. The Balaban J connectivity index is 1.69. The number of anilines is 1. The average Bonchev–Trinajstić information content (AvgIpc) is 2.60. The highest BCUT2D eigenvalue weighted by Gasteiger charge is 2.13. The van der Waals surface area contributed by atoms with Crippen molar-refractivity contribution >= 4 is 23.4 Å². The molecule has 1 N–H and O–H groups in total. The van der Waals surface area contributed by atoms with Gasteiger partial charge in [-0.3, -0.25) is 4.79 Å². The number of carbonyl (C=O) groups is 1. The molecule has 23 heavy (non-hydrogen) atoms. The van der Waals surface area contributed by atoms with Crippen LogP contribution in [0.15, 0.2) is 54.6 Å². The van der Waals surface area contributed by atoms with Crippen LogP contribution in [0.3, 0.4) is 0 Å². The summed E-state index contributed by atoms with van der Waals surface area (Å²) in [6.45, 7) is 1.95. The van der Waals surface area contributed by atoms with E-state index in [4.69, 9.17) is 4.74 Å². The number of thioether (sulfide) groups is 1. The quantitative estimate of drug-likeness (QED) is 0.730. The Labute approximate surface area is 142 Å². The van der Waals surface area contributed by atoms with Crippen molar-refractivity contribution in [3.8, 4) is 5.75 Å². The van der Waals surface area contributed by atoms with Crippen molar-refractivity contribution in [1.82, 2.24) is 0 Å². The molecule has 0 spiro atoms. The molecule has 0 aliphatic rings. The summed E-state index contributed by atoms with van der Waals surface area (Å²) >= 11 is 1.69. The fraction of sp³-hybridized carbons (Fsp3) is 0.316. The number of methoxy groups -OCH3 is 1. The molecule has 3 nitrogen and oxygen atoms in total. The number of hydrogen-bond donors (Lipinski definition) is 1. The summed E-state index contributed by atoms with van der Waals surface area (Å²) in [7, 11) is 1.63. The second kappa shape index (κ2) is 9.26. The fourth-order valence-corrected chi connectivity index (χ4v) is 3.05. The van der Waals surface area contributed by atoms with Crippen LogP contribution >= 0.6 is 11.8 Å². The molecule has 2 rings (SSSR count). The van der Waals surface area contributed by atoms with E-state index in [1.54, 1.807) is 18.9 Å². The Morgan fingerprint density at radius 3 is 2.48 bits per heavy atom. The third kappa shape index (κ3) is 5.99. The molecular weight excluding hydrogens is 306 g/mol. The molecule has 0 aromatic heterocycles. The Kier molecular flexibility index (Phi) is 7.01. The van der Waals surface area contributed by atoms with Crippen LogP contribution in [0.5, 0.6) is 5.75 Å². The normalized spacial score (nSPS) is 11.7. The topological polar surface area (TPSA) is 38.3 Å². The molecule has 1 atom stereocenters. The maximum absolute atomic E-state index is 12.2. The zero-order chi connectivity index (χ0) is 16.5. The molecule has 122 valence electrons. The number of nitrogens with one attached hydrogen (secondary N) is 1. The van der Waals surface area contributed by atoms with E-state index in [-0.39, 0.29) is 11.2 Å². The van der Waals surface area contributed by atoms with Gasteiger partial charge in [-0.25, -0.2) is 0 Å². The Morgan fingerprint density at radius 1 is 1.13 bits per heavy atom. The predicted octanol–water partition coefficient (Wildman–Crippen LogP) is 4.39. The average molecular weight is 329 g/mol. The first kappa shape index (κ1) is 17.4. The van der Waals surface area contributed by atoms with E-state index in [0.717, 1.165) is 30.0 Å². The first-order valence-corrected chi connectivity index (χ1v) is 8.84. The Hall–Kier alpha value is -1.94. The van der Waals surface area contributed by atoms with Crippen molar-refractivity contribution in [2.24, 2.45) is 0 Å². The molecule has 4 heteroatoms. The van der Waals surface area contributed by atoms with Gasteiger partial charge in [0, 0.05) is 5.69 Å². The van der Waals surface area contributed by atoms with Crippen molar-refractivity contribution in [3.05, 3.63) is 60.2 Å². The van der Waals surface area contributed by atoms with Crippen molar-refractivity contribution in [2.75, 3.05) is 18.2 Å². The minimum absolute atomic E-state index is 0.0416. The minimum atomic E-state index is -0.0622. The van der Waals surface area contributed by atoms with E-state index >= 15 is 0 Å². The first-order chi connectivity index (χ1) is 11.2. The lowest BCUT2D eigenvalue weighted by Gasteiger charge is -2.12. The van der Waals surface area contributed by atoms with Gasteiger partial charge in [-0.2, -0.15) is 0 Å². The molecule has 0 aliphatic heterocycles. The van der Waals surface area contributed by atoms with Crippen LogP contribution in [0.4, 0.5) is 5.69 Å². The maximum atomic E-state index is 12.2. The molecule has 0 bridgehead atoms. The molecule has 0 saturated carbocycles. The van der Waals surface area contributed by atoms with Gasteiger partial charge in [-0.15, -0.1) is 11.8 Å². The molecule has 0 fully saturated rings. The number of amides is 1. The largest absolute Gasteiger partial charge is 0.497 e. The second-order valence-electron chi connectivity index (χ2n) is 5.32. The highest BCUT2D eigenvalue weighted by atomic mass is 32.2. The van der Waals surface area contributed by atoms with Crippen molar-refractivity contribution < 1.29 is 9.53 Å². The summed E-state index contributed by atoms with van der Waals surface area (Å²) < 4.78 is 5.11. The summed E-state index contributed by atoms with van der Waals surface area (Å²) in [5, 5.41) is 2.87. The van der Waals surface area contributed by atoms with Gasteiger partial charge >= 0.3 is 0 Å². The van der Waals surface area contributed by atoms with Gasteiger partial charge in [0.2, 0.25) is 5.91 Å². The molecule has 1 amide bonds. The van der Waals surface area contributed by atoms with Crippen LogP contribution in [0, 0.1) is 0 Å². The maximum Gasteiger partial charge on any atom is 0.237 e. The van der Waals surface area contributed by atoms with Gasteiger partial charge in [0.1, 0.15) is 5.75 Å². The van der Waals surface area contributed by atoms with E-state index in [9.17, 15) is 4.79 Å². The standard InChI is InChI=1S/C19H23NO2S/c1-15(23-14-6-9-16-7-4-3-5-8-16)19(21)20-17-10-12-18(22-2)13-11-17/h3-5,7-8,10-13,15H,6,9,14H2,1-2H3,(H,20,21)/t15-/m0/s1. The molecule has 0 unspecified atom stereocenters. The number of benzene rings is 2. The van der Waals surface area contributed by atoms with Gasteiger partial charge in [-0.1, -0.05) is 30.3 Å². The monoisotopic (exact) mass is 329 g/mol. The van der Waals surface area contributed by atoms with Gasteiger partial charge in [0.25, 0.3) is 0 Å². The highest BCUT2D eigenvalue weighted by molar-refractivity contribution is 8.00. The van der Waals surface area contributed by atoms with Gasteiger partial charge in [0.15, 0.2) is 0 Å². The van der Waals surface area contributed by atoms with Crippen LogP contribution in [-0.2, 0) is 11.2 Å². The van der Waals surface area contributed by atoms with E-state index in [1.807, 2.05) is 37.3 Å². The smallest absolute Gasteiger partial charge is 0.237 e. The van der Waals surface area contributed by atoms with Crippen LogP contribution in [0.1, 0.15) is 18.9 Å². The summed E-state index contributed by atoms with van der Waals surface area (Å²) in [6, 6.07) is 17.8. The summed E-state index contributed by atoms with van der Waals surface area (Å²) in [6.07, 6.45) is 2.13. The lowest BCUT2D eigenvalue weighted by molar-refractivity contribution is -0.115. The van der Waals surface area contributed by atoms with Gasteiger partial charge < -0.3 is 10.1 Å². The lowest BCUT2D eigenvalue weighted by atomic mass is 10.1. The van der Waals surface area contributed by atoms with E-state index in [1.165, 1.54) is 5.56 Å². The minimum Gasteiger partial charge on any atom is -0.497 e. The molecule has 0 radical (unpaired) electrons. The number of aryl methyl sites for hydroxylation is 1. The van der Waals surface area contributed by atoms with Crippen LogP contribution in [0.2, 0.25) is 0 Å². The number of carbonyl (C=O) groups excluding carboxylic acids is 1. The molecular formula is C19H23NO2S. The van der Waals surface area contributed by atoms with Crippen LogP contribution in [-0.4, -0.2) is 24.0 Å². The SMILES string of the molecule is COc1ccc(NC(=O)[C@H](C)SCCCc2ccccc2)cc1. The van der Waals surface area contributed by atoms with E-state index < -0.39 is 0 Å². The zero-order valence-electron chi connectivity index (χ0n) is 13.6. The highest BCUT2D eigenvalue weighted by Crippen LogP contribution is 2.18. The van der Waals surface area contributed by atoms with Crippen molar-refractivity contribution in [3.63, 3.8) is 0 Å². The summed E-state index contributed by atoms with van der Waals surface area (Å²) in [4.78, 5) is 12.2. The van der Waals surface area contributed by atoms with Gasteiger partial charge in [-0.05, 0) is 55.3 Å². The summed E-state index contributed by atoms with van der Waals surface area (Å²) in [5.74, 6) is 1.80. The zero-order valence-corrected chi connectivity index (χ0v) is 14.4. The molecule has 2 aromatic carbocycles. The first-order valence-electron chi connectivity index (χ1n) is 7.79. The molecule has 0 heterocycles. The predicted molar refractivity (Wildman–Crippen MR) is 98.3 cm³/mol. The fourth-order valence-electron chi connectivity index (χ4n) is 2.18. The van der Waals surface area contributed by atoms with Crippen LogP contribution < -0.4 is 10.1 Å². The third-order valence-corrected chi connectivity index (χ3v) is 4.79. The Morgan fingerprint density at radius 2 is 1.83 bits per heavy atom. The van der Waals surface area contributed by atoms with Crippen molar-refractivity contribution in [2.45, 2.75) is 25.0 Å². The summed E-state index contributed by atoms with van der Waals surface area (Å²) in [5.41, 5.74) is 2.15. The van der Waals surface area contributed by atoms with E-state index in [2.05, 4.69) is 29.6 Å². The third-order valence-electron chi connectivity index (χ3n) is 3.55.